The fourth-order valence-corrected chi connectivity index (χ4v) is 3.74. The second kappa shape index (κ2) is 5.65. The summed E-state index contributed by atoms with van der Waals surface area (Å²) in [5, 5.41) is 4.65. The molecule has 2 saturated heterocycles. The van der Waals surface area contributed by atoms with Gasteiger partial charge in [-0.3, -0.25) is 4.90 Å². The lowest BCUT2D eigenvalue weighted by molar-refractivity contribution is 0.111. The van der Waals surface area contributed by atoms with Crippen molar-refractivity contribution in [2.45, 2.75) is 38.5 Å². The second-order valence-corrected chi connectivity index (χ2v) is 6.40. The lowest BCUT2D eigenvalue weighted by Crippen LogP contribution is -2.48. The summed E-state index contributed by atoms with van der Waals surface area (Å²) in [5.41, 5.74) is 0. The molecule has 0 aliphatic carbocycles. The van der Waals surface area contributed by atoms with Gasteiger partial charge in [-0.25, -0.2) is 4.98 Å². The first-order valence-corrected chi connectivity index (χ1v) is 7.65. The molecule has 1 N–H and O–H groups in total. The highest BCUT2D eigenvalue weighted by Gasteiger charge is 2.22. The lowest BCUT2D eigenvalue weighted by atomic mass is 10.2. The molecule has 2 aliphatic rings. The standard InChI is InChI=1S/C13H21N3OS/c1-10-8-16(5-4-14-10)9-11-7-15-13(18-11)12-3-2-6-17-12/h7,10,12,14H,2-6,8-9H2,1H3/t10-,12?/m1/s1. The Bertz CT molecular complexity index is 389. The van der Waals surface area contributed by atoms with Crippen LogP contribution in [0.4, 0.5) is 0 Å². The minimum absolute atomic E-state index is 0.269. The van der Waals surface area contributed by atoms with Crippen LogP contribution >= 0.6 is 11.3 Å². The third-order valence-corrected chi connectivity index (χ3v) is 4.68. The van der Waals surface area contributed by atoms with Gasteiger partial charge in [0.1, 0.15) is 11.1 Å². The van der Waals surface area contributed by atoms with Crippen LogP contribution in [0.25, 0.3) is 0 Å². The molecule has 1 aromatic rings. The van der Waals surface area contributed by atoms with E-state index in [1.807, 2.05) is 17.5 Å². The first-order chi connectivity index (χ1) is 8.81. The zero-order chi connectivity index (χ0) is 12.4. The molecule has 0 saturated carbocycles. The van der Waals surface area contributed by atoms with Crippen molar-refractivity contribution in [1.82, 2.24) is 15.2 Å². The molecule has 1 aromatic heterocycles. The molecule has 2 atom stereocenters. The summed E-state index contributed by atoms with van der Waals surface area (Å²) in [5.74, 6) is 0. The number of hydrogen-bond donors (Lipinski definition) is 1. The summed E-state index contributed by atoms with van der Waals surface area (Å²) in [6.07, 6.45) is 4.62. The Hall–Kier alpha value is -0.490. The van der Waals surface area contributed by atoms with Crippen LogP contribution in [0, 0.1) is 0 Å². The van der Waals surface area contributed by atoms with Gasteiger partial charge in [-0.1, -0.05) is 0 Å². The Balaban J connectivity index is 1.59. The van der Waals surface area contributed by atoms with Gasteiger partial charge in [0.15, 0.2) is 0 Å². The van der Waals surface area contributed by atoms with Crippen LogP contribution < -0.4 is 5.32 Å². The van der Waals surface area contributed by atoms with E-state index in [1.54, 1.807) is 0 Å². The molecule has 0 bridgehead atoms. The summed E-state index contributed by atoms with van der Waals surface area (Å²) in [7, 11) is 0. The van der Waals surface area contributed by atoms with Crippen molar-refractivity contribution in [2.75, 3.05) is 26.2 Å². The van der Waals surface area contributed by atoms with Gasteiger partial charge in [-0.15, -0.1) is 11.3 Å². The summed E-state index contributed by atoms with van der Waals surface area (Å²) < 4.78 is 5.68. The zero-order valence-electron chi connectivity index (χ0n) is 10.9. The maximum atomic E-state index is 5.68. The summed E-state index contributed by atoms with van der Waals surface area (Å²) in [4.78, 5) is 8.41. The largest absolute Gasteiger partial charge is 0.371 e. The SMILES string of the molecule is C[C@@H]1CN(Cc2cnc(C3CCCO3)s2)CCN1. The molecule has 1 unspecified atom stereocenters. The minimum Gasteiger partial charge on any atom is -0.371 e. The average Bonchev–Trinajstić information content (AvgIpc) is 2.98. The predicted octanol–water partition coefficient (Wildman–Crippen LogP) is 1.79. The maximum Gasteiger partial charge on any atom is 0.122 e. The Morgan fingerprint density at radius 2 is 2.56 bits per heavy atom. The second-order valence-electron chi connectivity index (χ2n) is 5.26. The Morgan fingerprint density at radius 1 is 1.61 bits per heavy atom. The van der Waals surface area contributed by atoms with Crippen LogP contribution in [-0.2, 0) is 11.3 Å². The smallest absolute Gasteiger partial charge is 0.122 e. The molecule has 5 heteroatoms. The highest BCUT2D eigenvalue weighted by molar-refractivity contribution is 7.11. The van der Waals surface area contributed by atoms with E-state index in [-0.39, 0.29) is 6.10 Å². The summed E-state index contributed by atoms with van der Waals surface area (Å²) in [6.45, 7) is 7.55. The molecule has 2 fully saturated rings. The number of rotatable bonds is 3. The van der Waals surface area contributed by atoms with Crippen molar-refractivity contribution in [3.8, 4) is 0 Å². The first-order valence-electron chi connectivity index (χ1n) is 6.83. The van der Waals surface area contributed by atoms with E-state index in [0.29, 0.717) is 6.04 Å². The quantitative estimate of drug-likeness (QED) is 0.906. The Kier molecular flexibility index (Phi) is 3.94. The average molecular weight is 267 g/mol. The third-order valence-electron chi connectivity index (χ3n) is 3.61. The number of nitrogens with zero attached hydrogens (tertiary/aromatic N) is 2. The summed E-state index contributed by atoms with van der Waals surface area (Å²) >= 11 is 1.83. The molecule has 0 spiro atoms. The van der Waals surface area contributed by atoms with E-state index in [9.17, 15) is 0 Å². The molecule has 4 nitrogen and oxygen atoms in total. The highest BCUT2D eigenvalue weighted by Crippen LogP contribution is 2.31. The van der Waals surface area contributed by atoms with E-state index in [0.717, 1.165) is 39.2 Å². The van der Waals surface area contributed by atoms with Gasteiger partial charge < -0.3 is 10.1 Å². The van der Waals surface area contributed by atoms with Crippen molar-refractivity contribution < 1.29 is 4.74 Å². The number of nitrogens with one attached hydrogen (secondary N) is 1. The Morgan fingerprint density at radius 3 is 3.33 bits per heavy atom. The molecule has 18 heavy (non-hydrogen) atoms. The van der Waals surface area contributed by atoms with E-state index >= 15 is 0 Å². The van der Waals surface area contributed by atoms with Gasteiger partial charge in [-0.2, -0.15) is 0 Å². The van der Waals surface area contributed by atoms with Crippen LogP contribution in [0.15, 0.2) is 6.20 Å². The molecular formula is C13H21N3OS. The minimum atomic E-state index is 0.269. The van der Waals surface area contributed by atoms with Gasteiger partial charge in [0, 0.05) is 49.9 Å². The molecule has 0 aromatic carbocycles. The van der Waals surface area contributed by atoms with Gasteiger partial charge in [0.25, 0.3) is 0 Å². The van der Waals surface area contributed by atoms with Crippen LogP contribution in [0.1, 0.15) is 35.8 Å². The van der Waals surface area contributed by atoms with E-state index in [1.165, 1.54) is 16.3 Å². The normalized spacial score (nSPS) is 29.8. The van der Waals surface area contributed by atoms with Gasteiger partial charge in [0.05, 0.1) is 0 Å². The highest BCUT2D eigenvalue weighted by atomic mass is 32.1. The van der Waals surface area contributed by atoms with Gasteiger partial charge in [0.2, 0.25) is 0 Å². The van der Waals surface area contributed by atoms with Crippen LogP contribution in [-0.4, -0.2) is 42.2 Å². The summed E-state index contributed by atoms with van der Waals surface area (Å²) in [6, 6.07) is 0.601. The molecule has 0 radical (unpaired) electrons. The predicted molar refractivity (Wildman–Crippen MR) is 72.8 cm³/mol. The molecule has 100 valence electrons. The fourth-order valence-electron chi connectivity index (χ4n) is 2.69. The van der Waals surface area contributed by atoms with Crippen molar-refractivity contribution >= 4 is 11.3 Å². The topological polar surface area (TPSA) is 37.4 Å². The van der Waals surface area contributed by atoms with E-state index in [2.05, 4.69) is 22.1 Å². The molecule has 3 heterocycles. The van der Waals surface area contributed by atoms with Crippen molar-refractivity contribution in [2.24, 2.45) is 0 Å². The first kappa shape index (κ1) is 12.5. The number of hydrogen-bond acceptors (Lipinski definition) is 5. The maximum absolute atomic E-state index is 5.68. The molecule has 2 aliphatic heterocycles. The van der Waals surface area contributed by atoms with E-state index < -0.39 is 0 Å². The fraction of sp³-hybridized carbons (Fsp3) is 0.769. The van der Waals surface area contributed by atoms with Gasteiger partial charge >= 0.3 is 0 Å². The zero-order valence-corrected chi connectivity index (χ0v) is 11.7. The number of ether oxygens (including phenoxy) is 1. The van der Waals surface area contributed by atoms with Crippen LogP contribution in [0.2, 0.25) is 0 Å². The number of aromatic nitrogens is 1. The Labute approximate surface area is 112 Å². The molecule has 0 amide bonds. The van der Waals surface area contributed by atoms with E-state index in [4.69, 9.17) is 4.74 Å². The van der Waals surface area contributed by atoms with Crippen LogP contribution in [0.5, 0.6) is 0 Å². The van der Waals surface area contributed by atoms with Crippen molar-refractivity contribution in [3.63, 3.8) is 0 Å². The van der Waals surface area contributed by atoms with Gasteiger partial charge in [-0.05, 0) is 19.8 Å². The lowest BCUT2D eigenvalue weighted by Gasteiger charge is -2.31. The molecular weight excluding hydrogens is 246 g/mol. The molecule has 3 rings (SSSR count). The van der Waals surface area contributed by atoms with Crippen molar-refractivity contribution in [1.29, 1.82) is 0 Å². The van der Waals surface area contributed by atoms with Crippen LogP contribution in [0.3, 0.4) is 0 Å². The monoisotopic (exact) mass is 267 g/mol. The number of piperazine rings is 1. The van der Waals surface area contributed by atoms with Crippen molar-refractivity contribution in [3.05, 3.63) is 16.1 Å². The third kappa shape index (κ3) is 2.91. The number of thiazole rings is 1.